The molecule has 1 aromatic carbocycles. The Hall–Kier alpha value is -1.84. The van der Waals surface area contributed by atoms with Gasteiger partial charge in [0.05, 0.1) is 0 Å². The average Bonchev–Trinajstić information content (AvgIpc) is 2.13. The molecule has 0 unspecified atom stereocenters. The van der Waals surface area contributed by atoms with Crippen molar-refractivity contribution in [1.82, 2.24) is 4.90 Å². The maximum absolute atomic E-state index is 11.8. The summed E-state index contributed by atoms with van der Waals surface area (Å²) in [5, 5.41) is 8.59. The third-order valence-corrected chi connectivity index (χ3v) is 2.19. The Kier molecular flexibility index (Phi) is 3.66. The summed E-state index contributed by atoms with van der Waals surface area (Å²) < 4.78 is 0. The van der Waals surface area contributed by atoms with Crippen molar-refractivity contribution < 1.29 is 14.7 Å². The zero-order chi connectivity index (χ0) is 12.3. The van der Waals surface area contributed by atoms with Gasteiger partial charge in [-0.1, -0.05) is 17.2 Å². The highest BCUT2D eigenvalue weighted by molar-refractivity contribution is 5.96. The van der Waals surface area contributed by atoms with Gasteiger partial charge in [-0.2, -0.15) is 0 Å². The normalized spacial score (nSPS) is 9.94. The van der Waals surface area contributed by atoms with Crippen LogP contribution in [-0.4, -0.2) is 35.5 Å². The molecular weight excluding hydrogens is 206 g/mol. The Bertz CT molecular complexity index is 406. The third kappa shape index (κ3) is 3.08. The van der Waals surface area contributed by atoms with Crippen molar-refractivity contribution in [2.45, 2.75) is 13.8 Å². The first-order valence-corrected chi connectivity index (χ1v) is 4.95. The van der Waals surface area contributed by atoms with Gasteiger partial charge in [-0.15, -0.1) is 0 Å². The highest BCUT2D eigenvalue weighted by Crippen LogP contribution is 2.10. The molecule has 0 aliphatic heterocycles. The molecule has 0 saturated carbocycles. The van der Waals surface area contributed by atoms with Crippen LogP contribution in [0.15, 0.2) is 18.2 Å². The molecule has 1 amide bonds. The van der Waals surface area contributed by atoms with Gasteiger partial charge in [-0.25, -0.2) is 0 Å². The van der Waals surface area contributed by atoms with Crippen LogP contribution in [0.5, 0.6) is 0 Å². The first kappa shape index (κ1) is 12.2. The van der Waals surface area contributed by atoms with Crippen molar-refractivity contribution in [3.05, 3.63) is 34.9 Å². The van der Waals surface area contributed by atoms with Crippen molar-refractivity contribution in [2.75, 3.05) is 13.6 Å². The van der Waals surface area contributed by atoms with Crippen LogP contribution in [0.1, 0.15) is 21.5 Å². The van der Waals surface area contributed by atoms with Gasteiger partial charge in [0, 0.05) is 12.6 Å². The van der Waals surface area contributed by atoms with E-state index in [1.54, 1.807) is 12.1 Å². The summed E-state index contributed by atoms with van der Waals surface area (Å²) in [6.45, 7) is 3.52. The lowest BCUT2D eigenvalue weighted by atomic mass is 10.1. The number of benzene rings is 1. The van der Waals surface area contributed by atoms with Gasteiger partial charge in [0.15, 0.2) is 0 Å². The van der Waals surface area contributed by atoms with E-state index in [0.29, 0.717) is 5.56 Å². The van der Waals surface area contributed by atoms with Gasteiger partial charge in [0.25, 0.3) is 5.91 Å². The number of carbonyl (C=O) groups excluding carboxylic acids is 1. The zero-order valence-electron chi connectivity index (χ0n) is 9.65. The molecular formula is C12H15NO3. The molecule has 0 atom stereocenters. The Morgan fingerprint density at radius 1 is 1.19 bits per heavy atom. The lowest BCUT2D eigenvalue weighted by Crippen LogP contribution is -2.31. The molecule has 0 radical (unpaired) electrons. The van der Waals surface area contributed by atoms with E-state index in [-0.39, 0.29) is 12.5 Å². The van der Waals surface area contributed by atoms with Gasteiger partial charge in [-0.05, 0) is 26.0 Å². The average molecular weight is 221 g/mol. The summed E-state index contributed by atoms with van der Waals surface area (Å²) in [6.07, 6.45) is 0. The van der Waals surface area contributed by atoms with E-state index in [1.807, 2.05) is 19.9 Å². The van der Waals surface area contributed by atoms with Crippen LogP contribution in [0.2, 0.25) is 0 Å². The molecule has 0 heterocycles. The standard InChI is InChI=1S/C12H15NO3/c1-8-4-9(2)6-10(5-8)12(16)13(3)7-11(14)15/h4-6H,7H2,1-3H3,(H,14,15). The van der Waals surface area contributed by atoms with E-state index in [2.05, 4.69) is 0 Å². The summed E-state index contributed by atoms with van der Waals surface area (Å²) >= 11 is 0. The maximum Gasteiger partial charge on any atom is 0.323 e. The highest BCUT2D eigenvalue weighted by Gasteiger charge is 2.14. The first-order chi connectivity index (χ1) is 7.40. The van der Waals surface area contributed by atoms with Crippen molar-refractivity contribution in [1.29, 1.82) is 0 Å². The summed E-state index contributed by atoms with van der Waals surface area (Å²) in [5.74, 6) is -1.28. The number of nitrogens with zero attached hydrogens (tertiary/aromatic N) is 1. The fourth-order valence-electron chi connectivity index (χ4n) is 1.59. The largest absolute Gasteiger partial charge is 0.480 e. The Labute approximate surface area is 94.5 Å². The van der Waals surface area contributed by atoms with Crippen LogP contribution >= 0.6 is 0 Å². The number of hydrogen-bond acceptors (Lipinski definition) is 2. The molecule has 16 heavy (non-hydrogen) atoms. The molecule has 1 aromatic rings. The molecule has 0 fully saturated rings. The quantitative estimate of drug-likeness (QED) is 0.840. The van der Waals surface area contributed by atoms with Gasteiger partial charge >= 0.3 is 5.97 Å². The lowest BCUT2D eigenvalue weighted by molar-refractivity contribution is -0.137. The van der Waals surface area contributed by atoms with Crippen LogP contribution in [0.4, 0.5) is 0 Å². The Balaban J connectivity index is 2.91. The minimum Gasteiger partial charge on any atom is -0.480 e. The summed E-state index contributed by atoms with van der Waals surface area (Å²) in [5.41, 5.74) is 2.51. The van der Waals surface area contributed by atoms with Gasteiger partial charge in [0.2, 0.25) is 0 Å². The fourth-order valence-corrected chi connectivity index (χ4v) is 1.59. The van der Waals surface area contributed by atoms with Crippen molar-refractivity contribution in [3.63, 3.8) is 0 Å². The second-order valence-electron chi connectivity index (χ2n) is 3.93. The summed E-state index contributed by atoms with van der Waals surface area (Å²) in [6, 6.07) is 5.48. The van der Waals surface area contributed by atoms with Crippen LogP contribution in [0.3, 0.4) is 0 Å². The topological polar surface area (TPSA) is 57.6 Å². The SMILES string of the molecule is Cc1cc(C)cc(C(=O)N(C)CC(=O)O)c1. The maximum atomic E-state index is 11.8. The lowest BCUT2D eigenvalue weighted by Gasteiger charge is -2.15. The monoisotopic (exact) mass is 221 g/mol. The number of hydrogen-bond donors (Lipinski definition) is 1. The van der Waals surface area contributed by atoms with Crippen molar-refractivity contribution in [3.8, 4) is 0 Å². The van der Waals surface area contributed by atoms with Gasteiger partial charge in [-0.3, -0.25) is 9.59 Å². The number of amides is 1. The van der Waals surface area contributed by atoms with Crippen LogP contribution in [0.25, 0.3) is 0 Å². The predicted octanol–water partition coefficient (Wildman–Crippen LogP) is 1.46. The second kappa shape index (κ2) is 4.79. The highest BCUT2D eigenvalue weighted by atomic mass is 16.4. The van der Waals surface area contributed by atoms with Crippen molar-refractivity contribution in [2.24, 2.45) is 0 Å². The molecule has 0 aliphatic carbocycles. The minimum absolute atomic E-state index is 0.269. The molecule has 4 nitrogen and oxygen atoms in total. The number of carbonyl (C=O) groups is 2. The number of aliphatic carboxylic acids is 1. The van der Waals surface area contributed by atoms with Gasteiger partial charge in [0.1, 0.15) is 6.54 Å². The molecule has 0 aromatic heterocycles. The molecule has 4 heteroatoms. The number of carboxylic acid groups (broad SMARTS) is 1. The van der Waals surface area contributed by atoms with E-state index in [0.717, 1.165) is 11.1 Å². The molecule has 0 bridgehead atoms. The number of likely N-dealkylation sites (N-methyl/N-ethyl adjacent to an activating group) is 1. The Morgan fingerprint density at radius 3 is 2.12 bits per heavy atom. The van der Waals surface area contributed by atoms with Gasteiger partial charge < -0.3 is 10.0 Å². The molecule has 1 N–H and O–H groups in total. The predicted molar refractivity (Wildman–Crippen MR) is 60.5 cm³/mol. The van der Waals surface area contributed by atoms with Crippen molar-refractivity contribution >= 4 is 11.9 Å². The number of aryl methyl sites for hydroxylation is 2. The fraction of sp³-hybridized carbons (Fsp3) is 0.333. The summed E-state index contributed by atoms with van der Waals surface area (Å²) in [7, 11) is 1.48. The molecule has 0 spiro atoms. The minimum atomic E-state index is -1.01. The number of rotatable bonds is 3. The van der Waals surface area contributed by atoms with E-state index in [9.17, 15) is 9.59 Å². The Morgan fingerprint density at radius 2 is 1.69 bits per heavy atom. The summed E-state index contributed by atoms with van der Waals surface area (Å²) in [4.78, 5) is 23.5. The first-order valence-electron chi connectivity index (χ1n) is 4.95. The molecule has 0 aliphatic rings. The molecule has 1 rings (SSSR count). The van der Waals surface area contributed by atoms with E-state index >= 15 is 0 Å². The van der Waals surface area contributed by atoms with Crippen LogP contribution in [-0.2, 0) is 4.79 Å². The van der Waals surface area contributed by atoms with E-state index < -0.39 is 5.97 Å². The third-order valence-electron chi connectivity index (χ3n) is 2.19. The van der Waals surface area contributed by atoms with E-state index in [1.165, 1.54) is 11.9 Å². The molecule has 86 valence electrons. The van der Waals surface area contributed by atoms with Crippen LogP contribution in [0, 0.1) is 13.8 Å². The number of carboxylic acids is 1. The van der Waals surface area contributed by atoms with Crippen LogP contribution < -0.4 is 0 Å². The molecule has 0 saturated heterocycles. The second-order valence-corrected chi connectivity index (χ2v) is 3.93. The van der Waals surface area contributed by atoms with E-state index in [4.69, 9.17) is 5.11 Å². The smallest absolute Gasteiger partial charge is 0.323 e. The zero-order valence-corrected chi connectivity index (χ0v) is 9.65.